The predicted octanol–water partition coefficient (Wildman–Crippen LogP) is 3.98. The van der Waals surface area contributed by atoms with Crippen molar-refractivity contribution in [2.45, 2.75) is 70.9 Å². The first-order chi connectivity index (χ1) is 13.1. The van der Waals surface area contributed by atoms with Gasteiger partial charge in [-0.15, -0.1) is 0 Å². The zero-order valence-corrected chi connectivity index (χ0v) is 16.1. The topological polar surface area (TPSA) is 62.3 Å². The fourth-order valence-electron chi connectivity index (χ4n) is 4.66. The number of hydrogen-bond acceptors (Lipinski definition) is 4. The minimum atomic E-state index is 0.0143. The summed E-state index contributed by atoms with van der Waals surface area (Å²) in [5.41, 5.74) is 4.59. The summed E-state index contributed by atoms with van der Waals surface area (Å²) in [6, 6.07) is 8.74. The van der Waals surface area contributed by atoms with Crippen LogP contribution < -0.4 is 5.32 Å². The first kappa shape index (κ1) is 18.0. The Labute approximate surface area is 160 Å². The number of aryl methyl sites for hydroxylation is 1. The number of carbonyl (C=O) groups excluding carboxylic acids is 2. The van der Waals surface area contributed by atoms with Crippen LogP contribution >= 0.6 is 0 Å². The number of likely N-dealkylation sites (tertiary alicyclic amines) is 1. The lowest BCUT2D eigenvalue weighted by Crippen LogP contribution is -2.43. The normalized spacial score (nSPS) is 23.3. The summed E-state index contributed by atoms with van der Waals surface area (Å²) in [4.78, 5) is 30.3. The number of imide groups is 1. The molecule has 1 N–H and O–H groups in total. The van der Waals surface area contributed by atoms with Crippen molar-refractivity contribution in [3.05, 3.63) is 35.5 Å². The molecule has 27 heavy (non-hydrogen) atoms. The second kappa shape index (κ2) is 7.29. The van der Waals surface area contributed by atoms with Gasteiger partial charge in [-0.3, -0.25) is 19.5 Å². The van der Waals surface area contributed by atoms with Crippen LogP contribution in [0.1, 0.15) is 56.7 Å². The molecule has 0 bridgehead atoms. The molecule has 2 fully saturated rings. The summed E-state index contributed by atoms with van der Waals surface area (Å²) in [7, 11) is 0. The van der Waals surface area contributed by atoms with Crippen molar-refractivity contribution in [1.82, 2.24) is 9.88 Å². The van der Waals surface area contributed by atoms with E-state index in [9.17, 15) is 9.59 Å². The van der Waals surface area contributed by atoms with Crippen LogP contribution in [0.25, 0.3) is 10.9 Å². The molecule has 2 aliphatic rings. The number of para-hydroxylation sites is 1. The highest BCUT2D eigenvalue weighted by atomic mass is 16.2. The molecule has 1 aliphatic heterocycles. The van der Waals surface area contributed by atoms with Crippen LogP contribution in [-0.4, -0.2) is 33.8 Å². The molecule has 1 aromatic heterocycles. The van der Waals surface area contributed by atoms with E-state index in [4.69, 9.17) is 4.98 Å². The van der Waals surface area contributed by atoms with Crippen molar-refractivity contribution in [3.63, 3.8) is 0 Å². The third-order valence-corrected chi connectivity index (χ3v) is 6.05. The van der Waals surface area contributed by atoms with Crippen LogP contribution in [0.4, 0.5) is 5.69 Å². The molecule has 0 spiro atoms. The number of fused-ring (bicyclic) bond motifs is 1. The summed E-state index contributed by atoms with van der Waals surface area (Å²) in [5.74, 6) is 0.0286. The molecule has 2 heterocycles. The van der Waals surface area contributed by atoms with Gasteiger partial charge < -0.3 is 5.32 Å². The first-order valence-corrected chi connectivity index (χ1v) is 10.1. The molecule has 0 radical (unpaired) electrons. The molecule has 1 saturated carbocycles. The largest absolute Gasteiger partial charge is 0.381 e. The van der Waals surface area contributed by atoms with E-state index in [2.05, 4.69) is 37.4 Å². The lowest BCUT2D eigenvalue weighted by atomic mass is 9.89. The van der Waals surface area contributed by atoms with E-state index in [1.807, 2.05) is 6.07 Å². The van der Waals surface area contributed by atoms with Gasteiger partial charge in [0, 0.05) is 41.7 Å². The van der Waals surface area contributed by atoms with Crippen LogP contribution in [0.2, 0.25) is 0 Å². The molecular weight excluding hydrogens is 338 g/mol. The summed E-state index contributed by atoms with van der Waals surface area (Å²) in [6.45, 7) is 4.25. The van der Waals surface area contributed by atoms with Gasteiger partial charge in [-0.1, -0.05) is 25.1 Å². The quantitative estimate of drug-likeness (QED) is 0.833. The maximum atomic E-state index is 12.0. The van der Waals surface area contributed by atoms with Gasteiger partial charge in [0.1, 0.15) is 0 Å². The molecule has 5 nitrogen and oxygen atoms in total. The van der Waals surface area contributed by atoms with E-state index in [1.165, 1.54) is 16.6 Å². The Morgan fingerprint density at radius 1 is 1.07 bits per heavy atom. The highest BCUT2D eigenvalue weighted by Gasteiger charge is 2.37. The van der Waals surface area contributed by atoms with Gasteiger partial charge in [0.25, 0.3) is 0 Å². The number of pyridine rings is 1. The third-order valence-electron chi connectivity index (χ3n) is 6.05. The molecular formula is C22H27N3O2. The van der Waals surface area contributed by atoms with Gasteiger partial charge in [0.15, 0.2) is 0 Å². The van der Waals surface area contributed by atoms with Crippen LogP contribution in [0, 0.1) is 6.92 Å². The number of hydrogen-bond donors (Lipinski definition) is 1. The number of carbonyl (C=O) groups is 2. The molecule has 1 saturated heterocycles. The number of anilines is 1. The molecule has 142 valence electrons. The van der Waals surface area contributed by atoms with Crippen LogP contribution in [0.5, 0.6) is 0 Å². The molecule has 2 amide bonds. The fraction of sp³-hybridized carbons (Fsp3) is 0.500. The van der Waals surface area contributed by atoms with Crippen molar-refractivity contribution in [2.75, 3.05) is 5.32 Å². The van der Waals surface area contributed by atoms with E-state index < -0.39 is 0 Å². The smallest absolute Gasteiger partial charge is 0.229 e. The second-order valence-electron chi connectivity index (χ2n) is 7.73. The number of aromatic nitrogens is 1. The standard InChI is InChI=1S/C22H27N3O2/c1-3-17-14(2)23-19-7-5-4-6-18(19)22(17)24-15-8-10-16(11-9-15)25-20(26)12-13-21(25)27/h4-7,15-16H,3,8-13H2,1-2H3,(H,23,24). The second-order valence-corrected chi connectivity index (χ2v) is 7.73. The molecule has 4 rings (SSSR count). The Balaban J connectivity index is 1.52. The SMILES string of the molecule is CCc1c(C)nc2ccccc2c1NC1CCC(N2C(=O)CCC2=O)CC1. The molecule has 0 atom stereocenters. The van der Waals surface area contributed by atoms with Gasteiger partial charge in [0.05, 0.1) is 5.52 Å². The van der Waals surface area contributed by atoms with E-state index in [-0.39, 0.29) is 17.9 Å². The zero-order chi connectivity index (χ0) is 19.0. The van der Waals surface area contributed by atoms with Crippen molar-refractivity contribution in [2.24, 2.45) is 0 Å². The average molecular weight is 365 g/mol. The maximum Gasteiger partial charge on any atom is 0.229 e. The van der Waals surface area contributed by atoms with E-state index in [1.54, 1.807) is 4.90 Å². The van der Waals surface area contributed by atoms with Gasteiger partial charge >= 0.3 is 0 Å². The number of benzene rings is 1. The highest BCUT2D eigenvalue weighted by Crippen LogP contribution is 2.33. The predicted molar refractivity (Wildman–Crippen MR) is 107 cm³/mol. The Morgan fingerprint density at radius 3 is 2.41 bits per heavy atom. The molecule has 1 aromatic carbocycles. The van der Waals surface area contributed by atoms with Gasteiger partial charge in [-0.05, 0) is 50.7 Å². The first-order valence-electron chi connectivity index (χ1n) is 10.1. The van der Waals surface area contributed by atoms with E-state index in [0.717, 1.165) is 43.3 Å². The summed E-state index contributed by atoms with van der Waals surface area (Å²) in [5, 5.41) is 4.96. The lowest BCUT2D eigenvalue weighted by Gasteiger charge is -2.34. The van der Waals surface area contributed by atoms with Crippen LogP contribution in [0.3, 0.4) is 0 Å². The average Bonchev–Trinajstić information content (AvgIpc) is 3.01. The van der Waals surface area contributed by atoms with E-state index >= 15 is 0 Å². The Bertz CT molecular complexity index is 869. The molecule has 0 unspecified atom stereocenters. The summed E-state index contributed by atoms with van der Waals surface area (Å²) in [6.07, 6.45) is 5.44. The van der Waals surface area contributed by atoms with Crippen molar-refractivity contribution >= 4 is 28.4 Å². The van der Waals surface area contributed by atoms with Crippen molar-refractivity contribution in [3.8, 4) is 0 Å². The molecule has 5 heteroatoms. The van der Waals surface area contributed by atoms with Crippen molar-refractivity contribution < 1.29 is 9.59 Å². The van der Waals surface area contributed by atoms with Gasteiger partial charge in [-0.25, -0.2) is 0 Å². The Hall–Kier alpha value is -2.43. The monoisotopic (exact) mass is 365 g/mol. The Morgan fingerprint density at radius 2 is 1.74 bits per heavy atom. The van der Waals surface area contributed by atoms with Crippen LogP contribution in [0.15, 0.2) is 24.3 Å². The van der Waals surface area contributed by atoms with Crippen molar-refractivity contribution in [1.29, 1.82) is 0 Å². The number of nitrogens with one attached hydrogen (secondary N) is 1. The van der Waals surface area contributed by atoms with Gasteiger partial charge in [0.2, 0.25) is 11.8 Å². The lowest BCUT2D eigenvalue weighted by molar-refractivity contribution is -0.141. The van der Waals surface area contributed by atoms with E-state index in [0.29, 0.717) is 18.9 Å². The number of amides is 2. The fourth-order valence-corrected chi connectivity index (χ4v) is 4.66. The third kappa shape index (κ3) is 3.31. The molecule has 1 aliphatic carbocycles. The Kier molecular flexibility index (Phi) is 4.85. The number of rotatable bonds is 4. The number of nitrogens with zero attached hydrogens (tertiary/aromatic N) is 2. The minimum absolute atomic E-state index is 0.0143. The summed E-state index contributed by atoms with van der Waals surface area (Å²) < 4.78 is 0. The molecule has 2 aromatic rings. The maximum absolute atomic E-state index is 12.0. The van der Waals surface area contributed by atoms with Gasteiger partial charge in [-0.2, -0.15) is 0 Å². The summed E-state index contributed by atoms with van der Waals surface area (Å²) >= 11 is 0. The van der Waals surface area contributed by atoms with Crippen LogP contribution in [-0.2, 0) is 16.0 Å². The minimum Gasteiger partial charge on any atom is -0.381 e. The zero-order valence-electron chi connectivity index (χ0n) is 16.1. The highest BCUT2D eigenvalue weighted by molar-refractivity contribution is 6.02.